The molecule has 0 aliphatic heterocycles. The first kappa shape index (κ1) is 15.1. The van der Waals surface area contributed by atoms with Crippen molar-refractivity contribution in [2.24, 2.45) is 5.73 Å². The van der Waals surface area contributed by atoms with Gasteiger partial charge in [-0.2, -0.15) is 0 Å². The molecular weight excluding hydrogens is 268 g/mol. The van der Waals surface area contributed by atoms with Crippen molar-refractivity contribution in [1.82, 2.24) is 15.4 Å². The molecule has 1 aromatic heterocycles. The normalized spacial score (nSPS) is 12.0. The van der Waals surface area contributed by atoms with E-state index in [9.17, 15) is 4.79 Å². The number of nitrogens with one attached hydrogen (secondary N) is 2. The zero-order valence-corrected chi connectivity index (χ0v) is 11.8. The molecule has 6 nitrogen and oxygen atoms in total. The summed E-state index contributed by atoms with van der Waals surface area (Å²) >= 11 is 0. The lowest BCUT2D eigenvalue weighted by Gasteiger charge is -2.16. The number of imidazole rings is 1. The van der Waals surface area contributed by atoms with Crippen LogP contribution in [0.3, 0.4) is 0 Å². The fraction of sp³-hybridized carbons (Fsp3) is 0.333. The third-order valence-corrected chi connectivity index (χ3v) is 3.20. The molecule has 0 spiro atoms. The van der Waals surface area contributed by atoms with E-state index in [4.69, 9.17) is 10.6 Å². The second-order valence-electron chi connectivity index (χ2n) is 4.83. The molecule has 0 radical (unpaired) electrons. The summed E-state index contributed by atoms with van der Waals surface area (Å²) in [4.78, 5) is 23.2. The average Bonchev–Trinajstić information content (AvgIpc) is 3.00. The maximum absolute atomic E-state index is 10.8. The Kier molecular flexibility index (Phi) is 5.78. The quantitative estimate of drug-likeness (QED) is 0.648. The molecule has 0 aliphatic carbocycles. The Labute approximate surface area is 123 Å². The fourth-order valence-electron chi connectivity index (χ4n) is 2.11. The number of aryl methyl sites for hydroxylation is 2. The van der Waals surface area contributed by atoms with E-state index in [1.54, 1.807) is 6.33 Å². The average molecular weight is 288 g/mol. The van der Waals surface area contributed by atoms with Crippen LogP contribution < -0.4 is 11.2 Å². The molecular formula is C15H20N4O2. The molecule has 0 saturated heterocycles. The van der Waals surface area contributed by atoms with Gasteiger partial charge in [0.15, 0.2) is 0 Å². The van der Waals surface area contributed by atoms with E-state index in [2.05, 4.69) is 27.6 Å². The van der Waals surface area contributed by atoms with Crippen molar-refractivity contribution < 1.29 is 9.63 Å². The lowest BCUT2D eigenvalue weighted by Crippen LogP contribution is -2.34. The number of nitrogens with two attached hydrogens (primary N) is 1. The van der Waals surface area contributed by atoms with Gasteiger partial charge in [-0.25, -0.2) is 15.3 Å². The lowest BCUT2D eigenvalue weighted by atomic mass is 10.0. The van der Waals surface area contributed by atoms with E-state index in [1.807, 2.05) is 24.4 Å². The van der Waals surface area contributed by atoms with Gasteiger partial charge in [-0.15, -0.1) is 0 Å². The fourth-order valence-corrected chi connectivity index (χ4v) is 2.11. The Balaban J connectivity index is 1.83. The minimum absolute atomic E-state index is 0.102. The number of hydrogen-bond donors (Lipinski definition) is 3. The van der Waals surface area contributed by atoms with Crippen molar-refractivity contribution in [2.45, 2.75) is 31.8 Å². The molecule has 0 fully saturated rings. The second kappa shape index (κ2) is 8.06. The number of carbonyl (C=O) groups is 1. The smallest absolute Gasteiger partial charge is 0.336 e. The van der Waals surface area contributed by atoms with E-state index in [1.165, 1.54) is 5.56 Å². The number of amides is 2. The van der Waals surface area contributed by atoms with Crippen LogP contribution in [0, 0.1) is 0 Å². The Morgan fingerprint density at radius 3 is 2.71 bits per heavy atom. The molecule has 1 atom stereocenters. The van der Waals surface area contributed by atoms with Crippen LogP contribution in [0.2, 0.25) is 0 Å². The topological polar surface area (TPSA) is 93.0 Å². The van der Waals surface area contributed by atoms with Crippen LogP contribution in [-0.2, 0) is 17.7 Å². The highest BCUT2D eigenvalue weighted by Crippen LogP contribution is 2.12. The molecule has 21 heavy (non-hydrogen) atoms. The van der Waals surface area contributed by atoms with Crippen molar-refractivity contribution in [3.05, 3.63) is 54.1 Å². The molecule has 0 aliphatic rings. The number of nitrogens with zero attached hydrogens (tertiary/aromatic N) is 1. The lowest BCUT2D eigenvalue weighted by molar-refractivity contribution is -0.0106. The van der Waals surface area contributed by atoms with Gasteiger partial charge in [0.2, 0.25) is 0 Å². The van der Waals surface area contributed by atoms with Crippen molar-refractivity contribution in [1.29, 1.82) is 0 Å². The van der Waals surface area contributed by atoms with Crippen LogP contribution in [0.25, 0.3) is 0 Å². The number of primary amides is 1. The van der Waals surface area contributed by atoms with Gasteiger partial charge in [-0.05, 0) is 31.2 Å². The number of urea groups is 1. The first-order valence-electron chi connectivity index (χ1n) is 6.96. The predicted octanol–water partition coefficient (Wildman–Crippen LogP) is 1.94. The standard InChI is InChI=1S/C15H20N4O2/c16-15(20)19-21-14(9-7-13-10-17-11-18-13)8-6-12-4-2-1-3-5-12/h1-5,10-11,14H,6-9H2,(H,17,18)(H3,16,19,20)/t14-/m0/s1. The van der Waals surface area contributed by atoms with Gasteiger partial charge in [0.05, 0.1) is 18.1 Å². The number of hydroxylamine groups is 1. The van der Waals surface area contributed by atoms with Gasteiger partial charge in [0, 0.05) is 6.20 Å². The highest BCUT2D eigenvalue weighted by molar-refractivity contribution is 5.70. The van der Waals surface area contributed by atoms with Crippen LogP contribution >= 0.6 is 0 Å². The van der Waals surface area contributed by atoms with Crippen molar-refractivity contribution in [2.75, 3.05) is 0 Å². The number of H-pyrrole nitrogens is 1. The summed E-state index contributed by atoms with van der Waals surface area (Å²) in [6.45, 7) is 0. The van der Waals surface area contributed by atoms with Gasteiger partial charge < -0.3 is 10.7 Å². The predicted molar refractivity (Wildman–Crippen MR) is 79.3 cm³/mol. The van der Waals surface area contributed by atoms with E-state index in [0.717, 1.165) is 31.4 Å². The Morgan fingerprint density at radius 2 is 2.05 bits per heavy atom. The maximum atomic E-state index is 10.8. The van der Waals surface area contributed by atoms with Gasteiger partial charge in [0.25, 0.3) is 0 Å². The largest absolute Gasteiger partial charge is 0.351 e. The molecule has 112 valence electrons. The molecule has 1 aromatic carbocycles. The summed E-state index contributed by atoms with van der Waals surface area (Å²) in [7, 11) is 0. The molecule has 1 heterocycles. The Bertz CT molecular complexity index is 528. The monoisotopic (exact) mass is 288 g/mol. The molecule has 2 rings (SSSR count). The molecule has 0 unspecified atom stereocenters. The summed E-state index contributed by atoms with van der Waals surface area (Å²) in [6, 6.07) is 9.48. The Morgan fingerprint density at radius 1 is 1.29 bits per heavy atom. The summed E-state index contributed by atoms with van der Waals surface area (Å²) in [5.41, 5.74) is 9.48. The molecule has 0 saturated carbocycles. The van der Waals surface area contributed by atoms with Crippen molar-refractivity contribution in [3.8, 4) is 0 Å². The van der Waals surface area contributed by atoms with E-state index >= 15 is 0 Å². The zero-order chi connectivity index (χ0) is 14.9. The molecule has 6 heteroatoms. The van der Waals surface area contributed by atoms with Crippen molar-refractivity contribution >= 4 is 6.03 Å². The number of carbonyl (C=O) groups excluding carboxylic acids is 1. The van der Waals surface area contributed by atoms with E-state index < -0.39 is 6.03 Å². The number of benzene rings is 1. The number of aromatic amines is 1. The van der Waals surface area contributed by atoms with Crippen LogP contribution in [-0.4, -0.2) is 22.1 Å². The van der Waals surface area contributed by atoms with E-state index in [-0.39, 0.29) is 6.10 Å². The number of rotatable bonds is 8. The maximum Gasteiger partial charge on any atom is 0.336 e. The zero-order valence-electron chi connectivity index (χ0n) is 11.8. The Hall–Kier alpha value is -2.34. The van der Waals surface area contributed by atoms with Gasteiger partial charge >= 0.3 is 6.03 Å². The summed E-state index contributed by atoms with van der Waals surface area (Å²) in [5, 5.41) is 0. The van der Waals surface area contributed by atoms with Crippen LogP contribution in [0.5, 0.6) is 0 Å². The first-order valence-corrected chi connectivity index (χ1v) is 6.96. The third-order valence-electron chi connectivity index (χ3n) is 3.20. The van der Waals surface area contributed by atoms with Crippen LogP contribution in [0.4, 0.5) is 4.79 Å². The molecule has 0 bridgehead atoms. The molecule has 2 aromatic rings. The van der Waals surface area contributed by atoms with Crippen LogP contribution in [0.1, 0.15) is 24.1 Å². The van der Waals surface area contributed by atoms with Gasteiger partial charge in [-0.1, -0.05) is 30.3 Å². The highest BCUT2D eigenvalue weighted by Gasteiger charge is 2.12. The molecule has 4 N–H and O–H groups in total. The summed E-state index contributed by atoms with van der Waals surface area (Å²) < 4.78 is 0. The SMILES string of the molecule is NC(=O)NO[C@@H](CCc1ccccc1)CCc1c[nH]cn1. The minimum atomic E-state index is -0.681. The third kappa shape index (κ3) is 5.66. The number of hydrogen-bond acceptors (Lipinski definition) is 3. The highest BCUT2D eigenvalue weighted by atomic mass is 16.7. The summed E-state index contributed by atoms with van der Waals surface area (Å²) in [5.74, 6) is 0. The van der Waals surface area contributed by atoms with Gasteiger partial charge in [-0.3, -0.25) is 4.84 Å². The van der Waals surface area contributed by atoms with E-state index in [0.29, 0.717) is 0 Å². The second-order valence-corrected chi connectivity index (χ2v) is 4.83. The van der Waals surface area contributed by atoms with Gasteiger partial charge in [0.1, 0.15) is 0 Å². The number of aromatic nitrogens is 2. The summed E-state index contributed by atoms with van der Waals surface area (Å²) in [6.07, 6.45) is 6.63. The molecule has 2 amide bonds. The minimum Gasteiger partial charge on any atom is -0.351 e. The first-order chi connectivity index (χ1) is 10.2. The van der Waals surface area contributed by atoms with Crippen LogP contribution in [0.15, 0.2) is 42.9 Å². The van der Waals surface area contributed by atoms with Crippen molar-refractivity contribution in [3.63, 3.8) is 0 Å².